The van der Waals surface area contributed by atoms with Crippen LogP contribution in [0, 0.1) is 0 Å². The van der Waals surface area contributed by atoms with E-state index >= 15 is 0 Å². The van der Waals surface area contributed by atoms with Crippen molar-refractivity contribution in [2.75, 3.05) is 6.61 Å². The molecule has 0 aliphatic heterocycles. The molecule has 0 fully saturated rings. The van der Waals surface area contributed by atoms with Gasteiger partial charge in [-0.05, 0) is 38.2 Å². The molecule has 1 amide bonds. The summed E-state index contributed by atoms with van der Waals surface area (Å²) < 4.78 is 4.78. The van der Waals surface area contributed by atoms with Crippen LogP contribution in [0.4, 0.5) is 0 Å². The molecule has 2 aromatic rings. The highest BCUT2D eigenvalue weighted by Gasteiger charge is 2.21. The number of nitrogens with two attached hydrogens (primary N) is 1. The number of rotatable bonds is 6. The van der Waals surface area contributed by atoms with Gasteiger partial charge >= 0.3 is 5.97 Å². The van der Waals surface area contributed by atoms with Crippen LogP contribution in [0.1, 0.15) is 36.0 Å². The van der Waals surface area contributed by atoms with E-state index < -0.39 is 23.7 Å². The average molecular weight is 381 g/mol. The Kier molecular flexibility index (Phi) is 5.43. The van der Waals surface area contributed by atoms with Gasteiger partial charge in [-0.3, -0.25) is 14.4 Å². The number of H-pyrrole nitrogens is 1. The molecule has 1 aliphatic rings. The second-order valence-corrected chi connectivity index (χ2v) is 8.34. The number of fused-ring (bicyclic) bond motifs is 3. The third kappa shape index (κ3) is 4.04. The average Bonchev–Trinajstić information content (AvgIpc) is 2.96. The number of nitrogens with one attached hydrogen (secondary N) is 1. The van der Waals surface area contributed by atoms with Gasteiger partial charge in [0, 0.05) is 4.88 Å². The van der Waals surface area contributed by atoms with Gasteiger partial charge in [-0.25, -0.2) is 4.98 Å². The van der Waals surface area contributed by atoms with Crippen LogP contribution in [-0.4, -0.2) is 33.7 Å². The standard InChI is InChI=1S/C16H19N3O4S2/c1-8(16(22)23-6-11(17)20)24-7-12-18-14(21)13-9-4-2-3-5-10(9)25-15(13)19-12/h8H,2-7H2,1H3,(H2,17,20)(H,18,19,21)/t8-/m0/s1. The number of carbonyl (C=O) groups is 2. The summed E-state index contributed by atoms with van der Waals surface area (Å²) in [6, 6.07) is 0. The van der Waals surface area contributed by atoms with Crippen molar-refractivity contribution in [1.29, 1.82) is 0 Å². The van der Waals surface area contributed by atoms with Crippen molar-refractivity contribution in [1.82, 2.24) is 9.97 Å². The zero-order valence-corrected chi connectivity index (χ0v) is 15.4. The van der Waals surface area contributed by atoms with E-state index in [2.05, 4.69) is 9.97 Å². The van der Waals surface area contributed by atoms with Crippen LogP contribution in [0.5, 0.6) is 0 Å². The van der Waals surface area contributed by atoms with Gasteiger partial charge in [0.15, 0.2) is 6.61 Å². The highest BCUT2D eigenvalue weighted by molar-refractivity contribution is 7.99. The van der Waals surface area contributed by atoms with Crippen LogP contribution < -0.4 is 11.3 Å². The van der Waals surface area contributed by atoms with E-state index in [1.165, 1.54) is 16.6 Å². The Hall–Kier alpha value is -1.87. The van der Waals surface area contributed by atoms with Crippen LogP contribution in [0.3, 0.4) is 0 Å². The van der Waals surface area contributed by atoms with E-state index in [0.717, 1.165) is 41.5 Å². The number of carbonyl (C=O) groups excluding carboxylic acids is 2. The number of primary amides is 1. The summed E-state index contributed by atoms with van der Waals surface area (Å²) in [6.45, 7) is 1.25. The summed E-state index contributed by atoms with van der Waals surface area (Å²) in [7, 11) is 0. The number of hydrogen-bond acceptors (Lipinski definition) is 7. The summed E-state index contributed by atoms with van der Waals surface area (Å²) in [6.07, 6.45) is 4.23. The fraction of sp³-hybridized carbons (Fsp3) is 0.500. The zero-order valence-electron chi connectivity index (χ0n) is 13.8. The number of aryl methyl sites for hydroxylation is 2. The minimum absolute atomic E-state index is 0.107. The topological polar surface area (TPSA) is 115 Å². The second-order valence-electron chi connectivity index (χ2n) is 5.93. The molecule has 25 heavy (non-hydrogen) atoms. The predicted molar refractivity (Wildman–Crippen MR) is 97.8 cm³/mol. The molecule has 0 radical (unpaired) electrons. The molecule has 7 nitrogen and oxygen atoms in total. The van der Waals surface area contributed by atoms with Crippen LogP contribution in [-0.2, 0) is 32.9 Å². The van der Waals surface area contributed by atoms with Crippen molar-refractivity contribution in [2.24, 2.45) is 5.73 Å². The fourth-order valence-corrected chi connectivity index (χ4v) is 4.84. The van der Waals surface area contributed by atoms with Crippen molar-refractivity contribution >= 4 is 45.2 Å². The molecule has 1 aliphatic carbocycles. The summed E-state index contributed by atoms with van der Waals surface area (Å²) in [5, 5.41) is 0.235. The van der Waals surface area contributed by atoms with Crippen LogP contribution in [0.25, 0.3) is 10.2 Å². The van der Waals surface area contributed by atoms with E-state index in [4.69, 9.17) is 10.5 Å². The zero-order chi connectivity index (χ0) is 18.0. The summed E-state index contributed by atoms with van der Waals surface area (Å²) in [4.78, 5) is 44.3. The number of nitrogens with zero attached hydrogens (tertiary/aromatic N) is 1. The monoisotopic (exact) mass is 381 g/mol. The van der Waals surface area contributed by atoms with Crippen molar-refractivity contribution < 1.29 is 14.3 Å². The number of hydrogen-bond donors (Lipinski definition) is 2. The molecule has 2 aromatic heterocycles. The molecule has 2 heterocycles. The molecule has 0 bridgehead atoms. The molecular weight excluding hydrogens is 362 g/mol. The lowest BCUT2D eigenvalue weighted by molar-refractivity contribution is -0.146. The number of aromatic nitrogens is 2. The molecule has 0 saturated heterocycles. The third-order valence-electron chi connectivity index (χ3n) is 4.03. The Morgan fingerprint density at radius 2 is 2.16 bits per heavy atom. The Bertz CT molecular complexity index is 874. The van der Waals surface area contributed by atoms with Crippen molar-refractivity contribution in [3.8, 4) is 0 Å². The van der Waals surface area contributed by atoms with Gasteiger partial charge < -0.3 is 15.5 Å². The van der Waals surface area contributed by atoms with E-state index in [0.29, 0.717) is 11.6 Å². The number of amides is 1. The Labute approximate surface area is 152 Å². The maximum Gasteiger partial charge on any atom is 0.319 e. The molecule has 9 heteroatoms. The first-order chi connectivity index (χ1) is 12.0. The van der Waals surface area contributed by atoms with E-state index in [1.54, 1.807) is 18.3 Å². The van der Waals surface area contributed by atoms with Gasteiger partial charge in [0.25, 0.3) is 11.5 Å². The lowest BCUT2D eigenvalue weighted by Gasteiger charge is -2.10. The molecule has 0 saturated carbocycles. The fourth-order valence-electron chi connectivity index (χ4n) is 2.81. The Morgan fingerprint density at radius 3 is 2.92 bits per heavy atom. The largest absolute Gasteiger partial charge is 0.455 e. The SMILES string of the molecule is C[C@H](SCc1nc2sc3c(c2c(=O)[nH]1)CCCC3)C(=O)OCC(N)=O. The van der Waals surface area contributed by atoms with E-state index in [9.17, 15) is 14.4 Å². The first-order valence-electron chi connectivity index (χ1n) is 8.05. The minimum Gasteiger partial charge on any atom is -0.455 e. The van der Waals surface area contributed by atoms with Gasteiger partial charge in [0.05, 0.1) is 11.1 Å². The highest BCUT2D eigenvalue weighted by atomic mass is 32.2. The van der Waals surface area contributed by atoms with Crippen molar-refractivity contribution in [3.63, 3.8) is 0 Å². The number of esters is 1. The van der Waals surface area contributed by atoms with Crippen LogP contribution in [0.2, 0.25) is 0 Å². The first kappa shape index (κ1) is 17.9. The normalized spacial score (nSPS) is 14.9. The molecule has 3 rings (SSSR count). The quantitative estimate of drug-likeness (QED) is 0.733. The van der Waals surface area contributed by atoms with Crippen molar-refractivity contribution in [3.05, 3.63) is 26.6 Å². The Morgan fingerprint density at radius 1 is 1.40 bits per heavy atom. The lowest BCUT2D eigenvalue weighted by Crippen LogP contribution is -2.25. The smallest absolute Gasteiger partial charge is 0.319 e. The van der Waals surface area contributed by atoms with E-state index in [1.807, 2.05) is 0 Å². The van der Waals surface area contributed by atoms with Gasteiger partial charge in [-0.15, -0.1) is 23.1 Å². The maximum absolute atomic E-state index is 12.4. The Balaban J connectivity index is 1.71. The number of aromatic amines is 1. The summed E-state index contributed by atoms with van der Waals surface area (Å²) in [5.74, 6) is -0.293. The maximum atomic E-state index is 12.4. The molecule has 1 atom stereocenters. The van der Waals surface area contributed by atoms with E-state index in [-0.39, 0.29) is 5.56 Å². The second kappa shape index (κ2) is 7.57. The molecular formula is C16H19N3O4S2. The number of ether oxygens (including phenoxy) is 1. The minimum atomic E-state index is -0.691. The first-order valence-corrected chi connectivity index (χ1v) is 9.92. The lowest BCUT2D eigenvalue weighted by atomic mass is 9.97. The van der Waals surface area contributed by atoms with Gasteiger partial charge in [-0.2, -0.15) is 0 Å². The summed E-state index contributed by atoms with van der Waals surface area (Å²) in [5.41, 5.74) is 5.99. The molecule has 0 unspecified atom stereocenters. The van der Waals surface area contributed by atoms with Gasteiger partial charge in [0.1, 0.15) is 15.9 Å². The number of thioether (sulfide) groups is 1. The predicted octanol–water partition coefficient (Wildman–Crippen LogP) is 1.51. The molecule has 0 aromatic carbocycles. The van der Waals surface area contributed by atoms with Gasteiger partial charge in [-0.1, -0.05) is 0 Å². The van der Waals surface area contributed by atoms with Crippen molar-refractivity contribution in [2.45, 2.75) is 43.6 Å². The molecule has 0 spiro atoms. The number of thiophene rings is 1. The van der Waals surface area contributed by atoms with Crippen LogP contribution >= 0.6 is 23.1 Å². The van der Waals surface area contributed by atoms with Gasteiger partial charge in [0.2, 0.25) is 0 Å². The molecule has 3 N–H and O–H groups in total. The molecule has 134 valence electrons. The van der Waals surface area contributed by atoms with Crippen LogP contribution in [0.15, 0.2) is 4.79 Å². The highest BCUT2D eigenvalue weighted by Crippen LogP contribution is 2.33. The summed E-state index contributed by atoms with van der Waals surface area (Å²) >= 11 is 2.88. The third-order valence-corrected chi connectivity index (χ3v) is 6.35.